The van der Waals surface area contributed by atoms with Crippen molar-refractivity contribution in [2.45, 2.75) is 52.0 Å². The van der Waals surface area contributed by atoms with Crippen molar-refractivity contribution in [3.63, 3.8) is 0 Å². The number of fused-ring (bicyclic) bond motifs is 1. The van der Waals surface area contributed by atoms with Gasteiger partial charge < -0.3 is 20.6 Å². The number of nitrogens with zero attached hydrogens (tertiary/aromatic N) is 1. The molecule has 0 saturated carbocycles. The van der Waals surface area contributed by atoms with Gasteiger partial charge in [-0.3, -0.25) is 14.4 Å². The minimum absolute atomic E-state index is 0.0174. The molecule has 1 aliphatic carbocycles. The number of aliphatic hydroxyl groups excluding tert-OH is 1. The molecule has 158 valence electrons. The molecular weight excluding hydrogens is 358 g/mol. The third-order valence-electron chi connectivity index (χ3n) is 6.04. The highest BCUT2D eigenvalue weighted by molar-refractivity contribution is 5.96. The first-order chi connectivity index (χ1) is 13.5. The Morgan fingerprint density at radius 3 is 2.50 bits per heavy atom. The number of rotatable bonds is 10. The number of aliphatic hydroxyl groups is 1. The van der Waals surface area contributed by atoms with E-state index in [4.69, 9.17) is 0 Å². The van der Waals surface area contributed by atoms with Crippen LogP contribution in [0.4, 0.5) is 0 Å². The highest BCUT2D eigenvalue weighted by Gasteiger charge is 2.56. The van der Waals surface area contributed by atoms with Gasteiger partial charge in [-0.2, -0.15) is 0 Å². The van der Waals surface area contributed by atoms with Crippen LogP contribution in [0.15, 0.2) is 12.2 Å². The van der Waals surface area contributed by atoms with Gasteiger partial charge in [-0.15, -0.1) is 0 Å². The quantitative estimate of drug-likeness (QED) is 0.382. The summed E-state index contributed by atoms with van der Waals surface area (Å²) in [4.78, 5) is 40.4. The van der Waals surface area contributed by atoms with Crippen molar-refractivity contribution in [1.82, 2.24) is 15.5 Å². The molecule has 0 spiro atoms. The predicted molar refractivity (Wildman–Crippen MR) is 107 cm³/mol. The minimum Gasteiger partial charge on any atom is -0.396 e. The molecule has 0 unspecified atom stereocenters. The van der Waals surface area contributed by atoms with E-state index in [1.165, 1.54) is 0 Å². The lowest BCUT2D eigenvalue weighted by Crippen LogP contribution is -2.48. The van der Waals surface area contributed by atoms with Crippen LogP contribution in [0.25, 0.3) is 0 Å². The van der Waals surface area contributed by atoms with Crippen LogP contribution < -0.4 is 10.6 Å². The van der Waals surface area contributed by atoms with Crippen molar-refractivity contribution in [3.05, 3.63) is 12.2 Å². The average molecular weight is 394 g/mol. The first-order valence-corrected chi connectivity index (χ1v) is 10.6. The van der Waals surface area contributed by atoms with Crippen LogP contribution >= 0.6 is 0 Å². The maximum atomic E-state index is 13.3. The van der Waals surface area contributed by atoms with Gasteiger partial charge in [0.2, 0.25) is 17.7 Å². The number of amides is 3. The Kier molecular flexibility index (Phi) is 8.48. The zero-order valence-corrected chi connectivity index (χ0v) is 17.3. The Balaban J connectivity index is 2.30. The van der Waals surface area contributed by atoms with Gasteiger partial charge in [0, 0.05) is 32.7 Å². The maximum absolute atomic E-state index is 13.3. The third-order valence-corrected chi connectivity index (χ3v) is 6.04. The summed E-state index contributed by atoms with van der Waals surface area (Å²) in [5.74, 6) is -1.79. The van der Waals surface area contributed by atoms with E-state index in [9.17, 15) is 19.5 Å². The standard InChI is InChI=1S/C21H35N3O4/c1-4-6-7-11-23-20(27)18-15-10-9-14(5-2)16(19(26)22-3)17(15)21(28)24(18)12-8-13-25/h9-10,14-18,25H,4-8,11-13H2,1-3H3,(H,22,26)(H,23,27)/t14-,15+,16-,17+,18+/m1/s1. The highest BCUT2D eigenvalue weighted by atomic mass is 16.3. The summed E-state index contributed by atoms with van der Waals surface area (Å²) in [5, 5.41) is 14.9. The molecule has 0 aromatic rings. The van der Waals surface area contributed by atoms with Gasteiger partial charge in [0.05, 0.1) is 11.8 Å². The van der Waals surface area contributed by atoms with Crippen LogP contribution in [0, 0.1) is 23.7 Å². The van der Waals surface area contributed by atoms with E-state index < -0.39 is 17.9 Å². The van der Waals surface area contributed by atoms with Gasteiger partial charge >= 0.3 is 0 Å². The van der Waals surface area contributed by atoms with Crippen molar-refractivity contribution in [3.8, 4) is 0 Å². The van der Waals surface area contributed by atoms with Gasteiger partial charge in [0.15, 0.2) is 0 Å². The van der Waals surface area contributed by atoms with Crippen molar-refractivity contribution < 1.29 is 19.5 Å². The first kappa shape index (κ1) is 22.4. The SMILES string of the molecule is CCCCCNC(=O)[C@@H]1[C@H]2C=C[C@@H](CC)[C@@H](C(=O)NC)[C@H]2C(=O)N1CCCO. The summed E-state index contributed by atoms with van der Waals surface area (Å²) >= 11 is 0. The number of unbranched alkanes of at least 4 members (excludes halogenated alkanes) is 2. The average Bonchev–Trinajstić information content (AvgIpc) is 2.99. The minimum atomic E-state index is -0.619. The third kappa shape index (κ3) is 4.57. The summed E-state index contributed by atoms with van der Waals surface area (Å²) in [6.45, 7) is 4.97. The summed E-state index contributed by atoms with van der Waals surface area (Å²) in [7, 11) is 1.59. The molecule has 1 aliphatic heterocycles. The van der Waals surface area contributed by atoms with Crippen LogP contribution in [0.5, 0.6) is 0 Å². The largest absolute Gasteiger partial charge is 0.396 e. The number of carbonyl (C=O) groups is 3. The number of likely N-dealkylation sites (tertiary alicyclic amines) is 1. The monoisotopic (exact) mass is 393 g/mol. The van der Waals surface area contributed by atoms with E-state index in [1.54, 1.807) is 11.9 Å². The number of hydrogen-bond acceptors (Lipinski definition) is 4. The lowest BCUT2D eigenvalue weighted by Gasteiger charge is -2.33. The number of carbonyl (C=O) groups excluding carboxylic acids is 3. The van der Waals surface area contributed by atoms with E-state index in [0.717, 1.165) is 25.7 Å². The van der Waals surface area contributed by atoms with Crippen LogP contribution in [-0.4, -0.2) is 60.5 Å². The lowest BCUT2D eigenvalue weighted by molar-refractivity contribution is -0.140. The second-order valence-corrected chi connectivity index (χ2v) is 7.75. The van der Waals surface area contributed by atoms with Crippen molar-refractivity contribution >= 4 is 17.7 Å². The van der Waals surface area contributed by atoms with Gasteiger partial charge in [0.1, 0.15) is 6.04 Å². The summed E-state index contributed by atoms with van der Waals surface area (Å²) < 4.78 is 0. The molecular formula is C21H35N3O4. The fourth-order valence-electron chi connectivity index (χ4n) is 4.58. The van der Waals surface area contributed by atoms with E-state index in [1.807, 2.05) is 19.1 Å². The van der Waals surface area contributed by atoms with Gasteiger partial charge in [-0.1, -0.05) is 38.8 Å². The maximum Gasteiger partial charge on any atom is 0.243 e. The smallest absolute Gasteiger partial charge is 0.243 e. The van der Waals surface area contributed by atoms with Crippen LogP contribution in [0.3, 0.4) is 0 Å². The van der Waals surface area contributed by atoms with Crippen molar-refractivity contribution in [2.75, 3.05) is 26.7 Å². The van der Waals surface area contributed by atoms with E-state index in [-0.39, 0.29) is 36.2 Å². The lowest BCUT2D eigenvalue weighted by atomic mass is 9.69. The Bertz CT molecular complexity index is 592. The number of allylic oxidation sites excluding steroid dienone is 1. The summed E-state index contributed by atoms with van der Waals surface area (Å²) in [6.07, 6.45) is 8.15. The molecule has 7 nitrogen and oxygen atoms in total. The molecule has 5 atom stereocenters. The van der Waals surface area contributed by atoms with E-state index in [2.05, 4.69) is 17.6 Å². The predicted octanol–water partition coefficient (Wildman–Crippen LogP) is 1.08. The van der Waals surface area contributed by atoms with Gasteiger partial charge in [-0.05, 0) is 25.2 Å². The Morgan fingerprint density at radius 1 is 1.14 bits per heavy atom. The molecule has 1 fully saturated rings. The van der Waals surface area contributed by atoms with E-state index >= 15 is 0 Å². The summed E-state index contributed by atoms with van der Waals surface area (Å²) in [5.41, 5.74) is 0. The Hall–Kier alpha value is -1.89. The zero-order valence-electron chi connectivity index (χ0n) is 17.3. The molecule has 1 saturated heterocycles. The molecule has 1 heterocycles. The molecule has 7 heteroatoms. The second-order valence-electron chi connectivity index (χ2n) is 7.75. The summed E-state index contributed by atoms with van der Waals surface area (Å²) in [6, 6.07) is -0.619. The molecule has 3 N–H and O–H groups in total. The Morgan fingerprint density at radius 2 is 1.89 bits per heavy atom. The topological polar surface area (TPSA) is 98.7 Å². The zero-order chi connectivity index (χ0) is 20.7. The van der Waals surface area contributed by atoms with Crippen LogP contribution in [-0.2, 0) is 14.4 Å². The van der Waals surface area contributed by atoms with Gasteiger partial charge in [-0.25, -0.2) is 0 Å². The molecule has 0 radical (unpaired) electrons. The fraction of sp³-hybridized carbons (Fsp3) is 0.762. The van der Waals surface area contributed by atoms with E-state index in [0.29, 0.717) is 19.5 Å². The highest BCUT2D eigenvalue weighted by Crippen LogP contribution is 2.44. The number of nitrogens with one attached hydrogen (secondary N) is 2. The second kappa shape index (κ2) is 10.6. The van der Waals surface area contributed by atoms with Crippen molar-refractivity contribution in [1.29, 1.82) is 0 Å². The van der Waals surface area contributed by atoms with Crippen LogP contribution in [0.2, 0.25) is 0 Å². The molecule has 3 amide bonds. The van der Waals surface area contributed by atoms with Crippen molar-refractivity contribution in [2.24, 2.45) is 23.7 Å². The van der Waals surface area contributed by atoms with Gasteiger partial charge in [0.25, 0.3) is 0 Å². The first-order valence-electron chi connectivity index (χ1n) is 10.6. The molecule has 0 bridgehead atoms. The van der Waals surface area contributed by atoms with Crippen LogP contribution in [0.1, 0.15) is 46.0 Å². The Labute approximate surface area is 167 Å². The molecule has 0 aromatic carbocycles. The molecule has 28 heavy (non-hydrogen) atoms. The molecule has 2 aliphatic rings. The fourth-order valence-corrected chi connectivity index (χ4v) is 4.58. The molecule has 2 rings (SSSR count). The molecule has 0 aromatic heterocycles. The number of hydrogen-bond donors (Lipinski definition) is 3. The normalized spacial score (nSPS) is 28.9.